The Morgan fingerprint density at radius 1 is 1.08 bits per heavy atom. The minimum Gasteiger partial charge on any atom is -0.480 e. The van der Waals surface area contributed by atoms with Gasteiger partial charge >= 0.3 is 5.97 Å². The molecule has 0 aliphatic rings. The van der Waals surface area contributed by atoms with E-state index >= 15 is 0 Å². The van der Waals surface area contributed by atoms with Gasteiger partial charge in [0.2, 0.25) is 0 Å². The van der Waals surface area contributed by atoms with Crippen molar-refractivity contribution in [3.63, 3.8) is 0 Å². The number of aliphatic carboxylic acids is 1. The molecule has 1 atom stereocenters. The van der Waals surface area contributed by atoms with Crippen molar-refractivity contribution < 1.29 is 27.9 Å². The van der Waals surface area contributed by atoms with Crippen LogP contribution in [-0.4, -0.2) is 23.0 Å². The van der Waals surface area contributed by atoms with Crippen molar-refractivity contribution in [2.24, 2.45) is 0 Å². The number of amides is 1. The molecule has 0 saturated carbocycles. The topological polar surface area (TPSA) is 66.4 Å². The lowest BCUT2D eigenvalue weighted by atomic mass is 10.1. The lowest BCUT2D eigenvalue weighted by molar-refractivity contribution is -0.139. The molecule has 0 fully saturated rings. The first-order valence-corrected chi connectivity index (χ1v) is 7.28. The van der Waals surface area contributed by atoms with E-state index in [2.05, 4.69) is 0 Å². The van der Waals surface area contributed by atoms with Crippen LogP contribution >= 0.6 is 0 Å². The molecule has 1 amide bonds. The molecule has 2 aromatic carbocycles. The quantitative estimate of drug-likeness (QED) is 0.840. The molecule has 0 radical (unpaired) electrons. The molecule has 0 heterocycles. The molecule has 0 spiro atoms. The van der Waals surface area contributed by atoms with Crippen LogP contribution in [0.25, 0.3) is 6.08 Å². The maximum atomic E-state index is 13.6. The second kappa shape index (κ2) is 8.14. The fraction of sp³-hybridized carbons (Fsp3) is 0.111. The molecule has 0 saturated heterocycles. The van der Waals surface area contributed by atoms with Gasteiger partial charge in [-0.05, 0) is 12.0 Å². The average molecular weight is 349 g/mol. The molecule has 4 nitrogen and oxygen atoms in total. The summed E-state index contributed by atoms with van der Waals surface area (Å²) in [7, 11) is 0. The van der Waals surface area contributed by atoms with Crippen LogP contribution in [0, 0.1) is 17.5 Å². The lowest BCUT2D eigenvalue weighted by Gasteiger charge is -2.13. The third kappa shape index (κ3) is 4.94. The molecule has 25 heavy (non-hydrogen) atoms. The Hall–Kier alpha value is -3.09. The highest BCUT2D eigenvalue weighted by Gasteiger charge is 2.24. The van der Waals surface area contributed by atoms with Crippen LogP contribution in [0.1, 0.15) is 22.3 Å². The monoisotopic (exact) mass is 349 g/mol. The molecule has 2 N–H and O–H groups in total. The second-order valence-corrected chi connectivity index (χ2v) is 5.16. The smallest absolute Gasteiger partial charge is 0.326 e. The molecule has 0 unspecified atom stereocenters. The normalized spacial score (nSPS) is 12.1. The summed E-state index contributed by atoms with van der Waals surface area (Å²) < 4.78 is 40.0. The van der Waals surface area contributed by atoms with E-state index in [0.717, 1.165) is 5.56 Å². The highest BCUT2D eigenvalue weighted by Crippen LogP contribution is 2.15. The first kappa shape index (κ1) is 18.3. The molecular formula is C18H14F3NO3. The molecular weight excluding hydrogens is 335 g/mol. The molecule has 0 aliphatic heterocycles. The maximum Gasteiger partial charge on any atom is 0.326 e. The van der Waals surface area contributed by atoms with Crippen LogP contribution in [0.4, 0.5) is 13.2 Å². The average Bonchev–Trinajstić information content (AvgIpc) is 2.53. The first-order valence-electron chi connectivity index (χ1n) is 7.28. The van der Waals surface area contributed by atoms with Crippen LogP contribution in [0.5, 0.6) is 0 Å². The van der Waals surface area contributed by atoms with E-state index < -0.39 is 40.9 Å². The van der Waals surface area contributed by atoms with Gasteiger partial charge in [-0.15, -0.1) is 0 Å². The molecule has 0 bridgehead atoms. The fourth-order valence-electron chi connectivity index (χ4n) is 2.12. The molecule has 2 aromatic rings. The van der Waals surface area contributed by atoms with Crippen LogP contribution in [0.15, 0.2) is 48.5 Å². The van der Waals surface area contributed by atoms with E-state index in [4.69, 9.17) is 5.11 Å². The minimum absolute atomic E-state index is 0.0968. The maximum absolute atomic E-state index is 13.6. The van der Waals surface area contributed by atoms with E-state index in [1.165, 1.54) is 6.08 Å². The summed E-state index contributed by atoms with van der Waals surface area (Å²) in [5.41, 5.74) is -0.201. The number of carbonyl (C=O) groups is 2. The highest BCUT2D eigenvalue weighted by atomic mass is 19.1. The van der Waals surface area contributed by atoms with Crippen molar-refractivity contribution >= 4 is 18.0 Å². The molecule has 0 aromatic heterocycles. The molecule has 7 heteroatoms. The molecule has 130 valence electrons. The van der Waals surface area contributed by atoms with E-state index in [-0.39, 0.29) is 6.42 Å². The van der Waals surface area contributed by atoms with Gasteiger partial charge in [-0.2, -0.15) is 0 Å². The molecule has 0 aliphatic carbocycles. The summed E-state index contributed by atoms with van der Waals surface area (Å²) in [6.07, 6.45) is 3.08. The van der Waals surface area contributed by atoms with Crippen molar-refractivity contribution in [2.45, 2.75) is 12.5 Å². The largest absolute Gasteiger partial charge is 0.480 e. The van der Waals surface area contributed by atoms with E-state index in [0.29, 0.717) is 12.1 Å². The fourth-order valence-corrected chi connectivity index (χ4v) is 2.12. The Morgan fingerprint density at radius 2 is 1.68 bits per heavy atom. The van der Waals surface area contributed by atoms with Crippen molar-refractivity contribution in [1.29, 1.82) is 0 Å². The minimum atomic E-state index is -1.40. The Kier molecular flexibility index (Phi) is 5.94. The number of halogens is 3. The van der Waals surface area contributed by atoms with Crippen molar-refractivity contribution in [2.75, 3.05) is 0 Å². The number of carboxylic acid groups (broad SMARTS) is 1. The number of rotatable bonds is 6. The standard InChI is InChI=1S/C18H14F3NO3/c19-12-9-13(20)16(14(21)10-12)17(23)22-15(18(24)25)8-4-7-11-5-2-1-3-6-11/h1-7,9-10,15H,8H2,(H,22,23)(H,24,25)/b7-4+/t15-/m1/s1. The summed E-state index contributed by atoms with van der Waals surface area (Å²) >= 11 is 0. The van der Waals surface area contributed by atoms with E-state index in [9.17, 15) is 22.8 Å². The third-order valence-electron chi connectivity index (χ3n) is 3.32. The van der Waals surface area contributed by atoms with Crippen LogP contribution < -0.4 is 5.32 Å². The number of hydrogen-bond donors (Lipinski definition) is 2. The Bertz CT molecular complexity index is 783. The number of nitrogens with one attached hydrogen (secondary N) is 1. The zero-order valence-electron chi connectivity index (χ0n) is 12.9. The van der Waals surface area contributed by atoms with E-state index in [1.54, 1.807) is 30.3 Å². The predicted octanol–water partition coefficient (Wildman–Crippen LogP) is 3.39. The van der Waals surface area contributed by atoms with Gasteiger partial charge in [-0.3, -0.25) is 4.79 Å². The van der Waals surface area contributed by atoms with Crippen molar-refractivity contribution in [3.8, 4) is 0 Å². The number of carboxylic acids is 1. The van der Waals surface area contributed by atoms with Gasteiger partial charge in [-0.25, -0.2) is 18.0 Å². The number of carbonyl (C=O) groups excluding carboxylic acids is 1. The number of benzene rings is 2. The summed E-state index contributed by atoms with van der Waals surface area (Å²) in [5, 5.41) is 11.2. The first-order chi connectivity index (χ1) is 11.9. The Morgan fingerprint density at radius 3 is 2.24 bits per heavy atom. The SMILES string of the molecule is O=C(N[C@H](C/C=C/c1ccccc1)C(=O)O)c1c(F)cc(F)cc1F. The third-order valence-corrected chi connectivity index (χ3v) is 3.32. The zero-order chi connectivity index (χ0) is 18.4. The van der Waals surface area contributed by atoms with Gasteiger partial charge in [0.25, 0.3) is 5.91 Å². The van der Waals surface area contributed by atoms with Crippen molar-refractivity contribution in [3.05, 3.63) is 77.1 Å². The van der Waals surface area contributed by atoms with Crippen LogP contribution in [0.3, 0.4) is 0 Å². The molecule has 2 rings (SSSR count). The Labute approximate surface area is 141 Å². The van der Waals surface area contributed by atoms with Gasteiger partial charge in [0.05, 0.1) is 0 Å². The number of hydrogen-bond acceptors (Lipinski definition) is 2. The van der Waals surface area contributed by atoms with Gasteiger partial charge in [0.1, 0.15) is 29.1 Å². The Balaban J connectivity index is 2.10. The summed E-state index contributed by atoms with van der Waals surface area (Å²) in [5.74, 6) is -6.62. The van der Waals surface area contributed by atoms with Crippen LogP contribution in [0.2, 0.25) is 0 Å². The van der Waals surface area contributed by atoms with E-state index in [1.807, 2.05) is 11.4 Å². The highest BCUT2D eigenvalue weighted by molar-refractivity contribution is 5.97. The second-order valence-electron chi connectivity index (χ2n) is 5.16. The van der Waals surface area contributed by atoms with Crippen LogP contribution in [-0.2, 0) is 4.79 Å². The summed E-state index contributed by atoms with van der Waals surface area (Å²) in [6, 6.07) is 8.33. The van der Waals surface area contributed by atoms with Crippen molar-refractivity contribution in [1.82, 2.24) is 5.32 Å². The van der Waals surface area contributed by atoms with Gasteiger partial charge < -0.3 is 10.4 Å². The summed E-state index contributed by atoms with van der Waals surface area (Å²) in [6.45, 7) is 0. The predicted molar refractivity (Wildman–Crippen MR) is 85.3 cm³/mol. The van der Waals surface area contributed by atoms with Gasteiger partial charge in [0, 0.05) is 12.1 Å². The zero-order valence-corrected chi connectivity index (χ0v) is 12.9. The lowest BCUT2D eigenvalue weighted by Crippen LogP contribution is -2.41. The van der Waals surface area contributed by atoms with Gasteiger partial charge in [0.15, 0.2) is 0 Å². The summed E-state index contributed by atoms with van der Waals surface area (Å²) in [4.78, 5) is 23.2. The van der Waals surface area contributed by atoms with Gasteiger partial charge in [-0.1, -0.05) is 42.5 Å².